The summed E-state index contributed by atoms with van der Waals surface area (Å²) in [6, 6.07) is 5.93. The zero-order valence-corrected chi connectivity index (χ0v) is 14.8. The third-order valence-corrected chi connectivity index (χ3v) is 4.91. The van der Waals surface area contributed by atoms with Crippen molar-refractivity contribution in [3.8, 4) is 5.75 Å². The Balaban J connectivity index is 1.56. The normalized spacial score (nSPS) is 17.5. The van der Waals surface area contributed by atoms with E-state index in [9.17, 15) is 9.59 Å². The number of ether oxygens (including phenoxy) is 1. The quantitative estimate of drug-likeness (QED) is 0.873. The molecule has 6 nitrogen and oxygen atoms in total. The van der Waals surface area contributed by atoms with Crippen molar-refractivity contribution in [3.05, 3.63) is 30.0 Å². The molecule has 1 fully saturated rings. The first-order valence-electron chi connectivity index (χ1n) is 8.75. The number of hydrogen-bond donors (Lipinski definition) is 2. The van der Waals surface area contributed by atoms with Gasteiger partial charge in [-0.05, 0) is 43.0 Å². The molecule has 0 aliphatic carbocycles. The lowest BCUT2D eigenvalue weighted by Gasteiger charge is -2.31. The molecule has 0 radical (unpaired) electrons. The van der Waals surface area contributed by atoms with Crippen LogP contribution in [0.5, 0.6) is 5.75 Å². The Kier molecular flexibility index (Phi) is 5.26. The van der Waals surface area contributed by atoms with Gasteiger partial charge in [-0.3, -0.25) is 9.59 Å². The minimum atomic E-state index is -0.0966. The highest BCUT2D eigenvalue weighted by Crippen LogP contribution is 2.24. The van der Waals surface area contributed by atoms with Crippen molar-refractivity contribution < 1.29 is 14.3 Å². The van der Waals surface area contributed by atoms with Gasteiger partial charge in [-0.15, -0.1) is 0 Å². The van der Waals surface area contributed by atoms with Crippen molar-refractivity contribution in [3.63, 3.8) is 0 Å². The summed E-state index contributed by atoms with van der Waals surface area (Å²) in [7, 11) is 1.65. The number of amides is 2. The van der Waals surface area contributed by atoms with Gasteiger partial charge in [-0.1, -0.05) is 0 Å². The number of aromatic nitrogens is 1. The van der Waals surface area contributed by atoms with Crippen LogP contribution in [-0.2, 0) is 16.0 Å². The van der Waals surface area contributed by atoms with Crippen LogP contribution in [0.2, 0.25) is 0 Å². The predicted octanol–water partition coefficient (Wildman–Crippen LogP) is 2.09. The van der Waals surface area contributed by atoms with Crippen molar-refractivity contribution in [1.82, 2.24) is 15.2 Å². The van der Waals surface area contributed by atoms with Gasteiger partial charge in [-0.25, -0.2) is 0 Å². The maximum absolute atomic E-state index is 12.4. The number of benzene rings is 1. The lowest BCUT2D eigenvalue weighted by atomic mass is 9.97. The number of nitrogens with one attached hydrogen (secondary N) is 2. The Morgan fingerprint density at radius 2 is 2.24 bits per heavy atom. The molecule has 134 valence electrons. The first kappa shape index (κ1) is 17.3. The van der Waals surface area contributed by atoms with Gasteiger partial charge in [0, 0.05) is 43.7 Å². The SMILES string of the molecule is COc1ccc2[nH]cc(CCNC(=O)[C@@H]3CCCN(C(C)=O)C3)c2c1. The average molecular weight is 343 g/mol. The van der Waals surface area contributed by atoms with Gasteiger partial charge in [0.1, 0.15) is 5.75 Å². The number of nitrogens with zero attached hydrogens (tertiary/aromatic N) is 1. The molecule has 2 N–H and O–H groups in total. The molecule has 1 aliphatic heterocycles. The number of aromatic amines is 1. The number of carbonyl (C=O) groups is 2. The highest BCUT2D eigenvalue weighted by Gasteiger charge is 2.26. The Labute approximate surface area is 147 Å². The molecule has 2 amide bonds. The molecule has 0 spiro atoms. The van der Waals surface area contributed by atoms with E-state index in [1.165, 1.54) is 0 Å². The maximum Gasteiger partial charge on any atom is 0.224 e. The molecule has 25 heavy (non-hydrogen) atoms. The molecule has 2 heterocycles. The number of methoxy groups -OCH3 is 1. The van der Waals surface area contributed by atoms with E-state index in [0.29, 0.717) is 13.1 Å². The molecule has 1 saturated heterocycles. The standard InChI is InChI=1S/C19H25N3O3/c1-13(23)22-9-3-4-15(12-22)19(24)20-8-7-14-11-21-18-6-5-16(25-2)10-17(14)18/h5-6,10-11,15,21H,3-4,7-9,12H2,1-2H3,(H,20,24)/t15-/m1/s1. The largest absolute Gasteiger partial charge is 0.497 e. The molecule has 0 saturated carbocycles. The molecule has 0 bridgehead atoms. The summed E-state index contributed by atoms with van der Waals surface area (Å²) in [6.45, 7) is 3.44. The second-order valence-electron chi connectivity index (χ2n) is 6.57. The van der Waals surface area contributed by atoms with Crippen molar-refractivity contribution >= 4 is 22.7 Å². The monoisotopic (exact) mass is 343 g/mol. The van der Waals surface area contributed by atoms with Gasteiger partial charge in [0.15, 0.2) is 0 Å². The van der Waals surface area contributed by atoms with Crippen LogP contribution < -0.4 is 10.1 Å². The second kappa shape index (κ2) is 7.59. The van der Waals surface area contributed by atoms with E-state index in [-0.39, 0.29) is 17.7 Å². The van der Waals surface area contributed by atoms with Gasteiger partial charge in [0.25, 0.3) is 0 Å². The number of hydrogen-bond acceptors (Lipinski definition) is 3. The first-order chi connectivity index (χ1) is 12.1. The van der Waals surface area contributed by atoms with E-state index in [4.69, 9.17) is 4.74 Å². The van der Waals surface area contributed by atoms with Gasteiger partial charge >= 0.3 is 0 Å². The molecule has 1 aromatic carbocycles. The summed E-state index contributed by atoms with van der Waals surface area (Å²) in [5, 5.41) is 4.14. The summed E-state index contributed by atoms with van der Waals surface area (Å²) in [6.07, 6.45) is 4.47. The lowest BCUT2D eigenvalue weighted by molar-refractivity contribution is -0.133. The van der Waals surface area contributed by atoms with Crippen molar-refractivity contribution in [1.29, 1.82) is 0 Å². The number of fused-ring (bicyclic) bond motifs is 1. The predicted molar refractivity (Wildman–Crippen MR) is 96.5 cm³/mol. The van der Waals surface area contributed by atoms with E-state index in [0.717, 1.165) is 48.0 Å². The van der Waals surface area contributed by atoms with Crippen LogP contribution in [0.3, 0.4) is 0 Å². The van der Waals surface area contributed by atoms with Crippen LogP contribution in [0.15, 0.2) is 24.4 Å². The summed E-state index contributed by atoms with van der Waals surface area (Å²) in [5.74, 6) is 0.818. The number of piperidine rings is 1. The Hall–Kier alpha value is -2.50. The Bertz CT molecular complexity index is 768. The minimum absolute atomic E-state index is 0.0448. The number of rotatable bonds is 5. The number of carbonyl (C=O) groups excluding carboxylic acids is 2. The maximum atomic E-state index is 12.4. The number of likely N-dealkylation sites (tertiary alicyclic amines) is 1. The van der Waals surface area contributed by atoms with E-state index in [1.54, 1.807) is 18.9 Å². The van der Waals surface area contributed by atoms with Gasteiger partial charge in [0.2, 0.25) is 11.8 Å². The number of H-pyrrole nitrogens is 1. The summed E-state index contributed by atoms with van der Waals surface area (Å²) < 4.78 is 5.28. The second-order valence-corrected chi connectivity index (χ2v) is 6.57. The zero-order chi connectivity index (χ0) is 17.8. The van der Waals surface area contributed by atoms with Crippen molar-refractivity contribution in [2.24, 2.45) is 5.92 Å². The average Bonchev–Trinajstić information content (AvgIpc) is 3.04. The lowest BCUT2D eigenvalue weighted by Crippen LogP contribution is -2.45. The smallest absolute Gasteiger partial charge is 0.224 e. The fourth-order valence-corrected chi connectivity index (χ4v) is 3.43. The van der Waals surface area contributed by atoms with Crippen molar-refractivity contribution in [2.45, 2.75) is 26.2 Å². The topological polar surface area (TPSA) is 74.4 Å². The molecular formula is C19H25N3O3. The molecule has 1 aromatic heterocycles. The molecule has 0 unspecified atom stereocenters. The van der Waals surface area contributed by atoms with E-state index in [1.807, 2.05) is 24.4 Å². The fourth-order valence-electron chi connectivity index (χ4n) is 3.43. The Morgan fingerprint density at radius 3 is 3.00 bits per heavy atom. The molecular weight excluding hydrogens is 318 g/mol. The summed E-state index contributed by atoms with van der Waals surface area (Å²) in [5.41, 5.74) is 2.22. The summed E-state index contributed by atoms with van der Waals surface area (Å²) in [4.78, 5) is 28.9. The van der Waals surface area contributed by atoms with Crippen molar-refractivity contribution in [2.75, 3.05) is 26.7 Å². The van der Waals surface area contributed by atoms with Crippen LogP contribution >= 0.6 is 0 Å². The van der Waals surface area contributed by atoms with Crippen LogP contribution in [0, 0.1) is 5.92 Å². The highest BCUT2D eigenvalue weighted by molar-refractivity contribution is 5.85. The third kappa shape index (κ3) is 3.95. The van der Waals surface area contributed by atoms with Gasteiger partial charge < -0.3 is 19.9 Å². The van der Waals surface area contributed by atoms with E-state index in [2.05, 4.69) is 10.3 Å². The highest BCUT2D eigenvalue weighted by atomic mass is 16.5. The van der Waals surface area contributed by atoms with Crippen LogP contribution in [-0.4, -0.2) is 48.4 Å². The molecule has 2 aromatic rings. The molecule has 1 aliphatic rings. The molecule has 1 atom stereocenters. The minimum Gasteiger partial charge on any atom is -0.497 e. The van der Waals surface area contributed by atoms with Crippen LogP contribution in [0.25, 0.3) is 10.9 Å². The van der Waals surface area contributed by atoms with E-state index >= 15 is 0 Å². The first-order valence-corrected chi connectivity index (χ1v) is 8.75. The van der Waals surface area contributed by atoms with E-state index < -0.39 is 0 Å². The molecule has 6 heteroatoms. The van der Waals surface area contributed by atoms with Crippen LogP contribution in [0.4, 0.5) is 0 Å². The molecule has 3 rings (SSSR count). The summed E-state index contributed by atoms with van der Waals surface area (Å²) >= 11 is 0. The third-order valence-electron chi connectivity index (χ3n) is 4.91. The Morgan fingerprint density at radius 1 is 1.40 bits per heavy atom. The van der Waals surface area contributed by atoms with Crippen LogP contribution in [0.1, 0.15) is 25.3 Å². The van der Waals surface area contributed by atoms with Gasteiger partial charge in [-0.2, -0.15) is 0 Å². The zero-order valence-electron chi connectivity index (χ0n) is 14.8. The fraction of sp³-hybridized carbons (Fsp3) is 0.474. The van der Waals surface area contributed by atoms with Gasteiger partial charge in [0.05, 0.1) is 13.0 Å².